The molecule has 0 saturated heterocycles. The number of hydrogen-bond acceptors (Lipinski definition) is 4. The maximum absolute atomic E-state index is 14.2. The number of rotatable bonds is 4. The maximum atomic E-state index is 14.2. The van der Waals surface area contributed by atoms with Crippen LogP contribution in [0.4, 0.5) is 23.2 Å². The molecule has 0 aliphatic carbocycles. The second-order valence-corrected chi connectivity index (χ2v) is 5.47. The summed E-state index contributed by atoms with van der Waals surface area (Å²) in [5.74, 6) is -3.06. The molecule has 0 unspecified atom stereocenters. The molecule has 0 aliphatic heterocycles. The van der Waals surface area contributed by atoms with Gasteiger partial charge in [0.05, 0.1) is 11.2 Å². The molecule has 2 heterocycles. The monoisotopic (exact) mass is 382 g/mol. The first-order chi connectivity index (χ1) is 12.6. The van der Waals surface area contributed by atoms with Crippen molar-refractivity contribution in [1.82, 2.24) is 14.8 Å². The topological polar surface area (TPSA) is 97.1 Å². The number of nitrogens with zero attached hydrogens (tertiary/aromatic N) is 3. The van der Waals surface area contributed by atoms with Crippen LogP contribution in [0.15, 0.2) is 36.5 Å². The van der Waals surface area contributed by atoms with E-state index in [1.165, 1.54) is 12.3 Å². The van der Waals surface area contributed by atoms with Crippen molar-refractivity contribution in [2.75, 3.05) is 5.32 Å². The van der Waals surface area contributed by atoms with Crippen LogP contribution >= 0.6 is 0 Å². The number of carbonyl (C=O) groups is 2. The zero-order valence-electron chi connectivity index (χ0n) is 13.3. The second-order valence-electron chi connectivity index (χ2n) is 5.47. The Morgan fingerprint density at radius 2 is 1.96 bits per heavy atom. The predicted octanol–water partition coefficient (Wildman–Crippen LogP) is 2.93. The lowest BCUT2D eigenvalue weighted by Crippen LogP contribution is -2.17. The first kappa shape index (κ1) is 18.3. The van der Waals surface area contributed by atoms with Crippen LogP contribution in [0.1, 0.15) is 16.2 Å². The third-order valence-electron chi connectivity index (χ3n) is 3.46. The average Bonchev–Trinajstić information content (AvgIpc) is 2.94. The molecule has 11 heteroatoms. The zero-order chi connectivity index (χ0) is 19.8. The van der Waals surface area contributed by atoms with Crippen LogP contribution < -0.4 is 5.32 Å². The van der Waals surface area contributed by atoms with Crippen molar-refractivity contribution in [1.29, 1.82) is 0 Å². The smallest absolute Gasteiger partial charge is 0.433 e. The Kier molecular flexibility index (Phi) is 4.52. The third kappa shape index (κ3) is 4.02. The lowest BCUT2D eigenvalue weighted by Gasteiger charge is -2.09. The molecule has 1 aromatic carbocycles. The van der Waals surface area contributed by atoms with E-state index in [-0.39, 0.29) is 11.2 Å². The number of alkyl halides is 3. The van der Waals surface area contributed by atoms with Gasteiger partial charge in [-0.3, -0.25) is 14.3 Å². The molecular formula is C16H10F4N4O3. The van der Waals surface area contributed by atoms with Gasteiger partial charge in [-0.05, 0) is 18.2 Å². The fourth-order valence-electron chi connectivity index (χ4n) is 2.32. The minimum Gasteiger partial charge on any atom is -0.480 e. The number of halogens is 4. The maximum Gasteiger partial charge on any atom is 0.433 e. The standard InChI is InChI=1S/C16H10F4N4O3/c17-9-5-11-8(6-24(23-11)7-14(25)26)4-12(9)22-15(27)10-2-1-3-13(21-10)16(18,19)20/h1-6H,7H2,(H,22,27)(H,25,26). The minimum atomic E-state index is -4.72. The average molecular weight is 382 g/mol. The Morgan fingerprint density at radius 3 is 2.63 bits per heavy atom. The van der Waals surface area contributed by atoms with E-state index in [0.717, 1.165) is 22.9 Å². The van der Waals surface area contributed by atoms with E-state index in [0.29, 0.717) is 11.5 Å². The van der Waals surface area contributed by atoms with Gasteiger partial charge in [0, 0.05) is 17.6 Å². The van der Waals surface area contributed by atoms with Gasteiger partial charge in [-0.15, -0.1) is 0 Å². The van der Waals surface area contributed by atoms with E-state index in [9.17, 15) is 27.2 Å². The Labute approximate surface area is 148 Å². The summed E-state index contributed by atoms with van der Waals surface area (Å²) in [7, 11) is 0. The highest BCUT2D eigenvalue weighted by Crippen LogP contribution is 2.28. The highest BCUT2D eigenvalue weighted by molar-refractivity contribution is 6.03. The van der Waals surface area contributed by atoms with Crippen LogP contribution in [0, 0.1) is 5.82 Å². The number of fused-ring (bicyclic) bond motifs is 1. The number of aliphatic carboxylic acids is 1. The number of nitrogens with one attached hydrogen (secondary N) is 1. The van der Waals surface area contributed by atoms with Gasteiger partial charge in [0.25, 0.3) is 5.91 Å². The summed E-state index contributed by atoms with van der Waals surface area (Å²) in [4.78, 5) is 26.1. The van der Waals surface area contributed by atoms with Crippen molar-refractivity contribution in [3.63, 3.8) is 0 Å². The molecule has 0 fully saturated rings. The second kappa shape index (κ2) is 6.67. The SMILES string of the molecule is O=C(O)Cn1cc2cc(NC(=O)c3cccc(C(F)(F)F)n3)c(F)cc2n1. The minimum absolute atomic E-state index is 0.156. The van der Waals surface area contributed by atoms with Gasteiger partial charge in [-0.1, -0.05) is 6.07 Å². The summed E-state index contributed by atoms with van der Waals surface area (Å²) in [6, 6.07) is 4.96. The van der Waals surface area contributed by atoms with Gasteiger partial charge >= 0.3 is 12.1 Å². The van der Waals surface area contributed by atoms with Crippen molar-refractivity contribution >= 4 is 28.5 Å². The molecule has 1 amide bonds. The fourth-order valence-corrected chi connectivity index (χ4v) is 2.32. The molecule has 0 saturated carbocycles. The molecule has 0 atom stereocenters. The van der Waals surface area contributed by atoms with Crippen molar-refractivity contribution in [2.24, 2.45) is 0 Å². The molecule has 2 aromatic heterocycles. The third-order valence-corrected chi connectivity index (χ3v) is 3.46. The van der Waals surface area contributed by atoms with E-state index in [1.54, 1.807) is 0 Å². The van der Waals surface area contributed by atoms with Crippen LogP contribution in [0.2, 0.25) is 0 Å². The number of amides is 1. The van der Waals surface area contributed by atoms with Crippen molar-refractivity contribution < 1.29 is 32.3 Å². The van der Waals surface area contributed by atoms with Crippen molar-refractivity contribution in [3.05, 3.63) is 53.7 Å². The number of benzene rings is 1. The first-order valence-corrected chi connectivity index (χ1v) is 7.37. The number of aromatic nitrogens is 3. The number of anilines is 1. The molecule has 7 nitrogen and oxygen atoms in total. The van der Waals surface area contributed by atoms with Gasteiger partial charge in [-0.25, -0.2) is 9.37 Å². The van der Waals surface area contributed by atoms with Crippen LogP contribution in [0.3, 0.4) is 0 Å². The van der Waals surface area contributed by atoms with E-state index in [2.05, 4.69) is 15.4 Å². The number of hydrogen-bond donors (Lipinski definition) is 2. The van der Waals surface area contributed by atoms with Crippen LogP contribution in [0.5, 0.6) is 0 Å². The largest absolute Gasteiger partial charge is 0.480 e. The van der Waals surface area contributed by atoms with Gasteiger partial charge in [0.15, 0.2) is 0 Å². The summed E-state index contributed by atoms with van der Waals surface area (Å²) in [6.07, 6.45) is -3.39. The van der Waals surface area contributed by atoms with Crippen LogP contribution in [-0.2, 0) is 17.5 Å². The first-order valence-electron chi connectivity index (χ1n) is 7.37. The number of pyridine rings is 1. The molecule has 3 aromatic rings. The molecule has 3 rings (SSSR count). The summed E-state index contributed by atoms with van der Waals surface area (Å²) in [5, 5.41) is 15.1. The molecule has 140 valence electrons. The molecule has 0 spiro atoms. The lowest BCUT2D eigenvalue weighted by atomic mass is 10.2. The highest BCUT2D eigenvalue weighted by atomic mass is 19.4. The van der Waals surface area contributed by atoms with Crippen molar-refractivity contribution in [2.45, 2.75) is 12.7 Å². The zero-order valence-corrected chi connectivity index (χ0v) is 13.3. The van der Waals surface area contributed by atoms with E-state index in [1.807, 2.05) is 0 Å². The number of carboxylic acids is 1. The molecule has 2 N–H and O–H groups in total. The summed E-state index contributed by atoms with van der Waals surface area (Å²) in [5.41, 5.74) is -1.93. The van der Waals surface area contributed by atoms with E-state index >= 15 is 0 Å². The highest BCUT2D eigenvalue weighted by Gasteiger charge is 2.33. The van der Waals surface area contributed by atoms with Gasteiger partial charge in [0.1, 0.15) is 23.7 Å². The quantitative estimate of drug-likeness (QED) is 0.677. The summed E-state index contributed by atoms with van der Waals surface area (Å²) < 4.78 is 53.3. The normalized spacial score (nSPS) is 11.6. The Hall–Kier alpha value is -3.50. The number of carbonyl (C=O) groups excluding carboxylic acids is 1. The van der Waals surface area contributed by atoms with Crippen LogP contribution in [-0.4, -0.2) is 31.7 Å². The molecular weight excluding hydrogens is 372 g/mol. The lowest BCUT2D eigenvalue weighted by molar-refractivity contribution is -0.141. The molecule has 0 bridgehead atoms. The Balaban J connectivity index is 1.88. The van der Waals surface area contributed by atoms with Gasteiger partial charge < -0.3 is 10.4 Å². The Bertz CT molecular complexity index is 1050. The predicted molar refractivity (Wildman–Crippen MR) is 84.5 cm³/mol. The van der Waals surface area contributed by atoms with Crippen molar-refractivity contribution in [3.8, 4) is 0 Å². The molecule has 0 radical (unpaired) electrons. The van der Waals surface area contributed by atoms with Gasteiger partial charge in [-0.2, -0.15) is 18.3 Å². The fraction of sp³-hybridized carbons (Fsp3) is 0.125. The van der Waals surface area contributed by atoms with Crippen LogP contribution in [0.25, 0.3) is 10.9 Å². The summed E-state index contributed by atoms with van der Waals surface area (Å²) in [6.45, 7) is -0.438. The number of carboxylic acid groups (broad SMARTS) is 1. The molecule has 27 heavy (non-hydrogen) atoms. The summed E-state index contributed by atoms with van der Waals surface area (Å²) >= 11 is 0. The molecule has 0 aliphatic rings. The van der Waals surface area contributed by atoms with Gasteiger partial charge in [0.2, 0.25) is 0 Å². The van der Waals surface area contributed by atoms with E-state index in [4.69, 9.17) is 5.11 Å². The van der Waals surface area contributed by atoms with E-state index < -0.39 is 41.8 Å². The Morgan fingerprint density at radius 1 is 1.22 bits per heavy atom.